The highest BCUT2D eigenvalue weighted by Gasteiger charge is 2.29. The summed E-state index contributed by atoms with van der Waals surface area (Å²) in [5, 5.41) is 10.4. The topological polar surface area (TPSA) is 51.5 Å². The van der Waals surface area contributed by atoms with E-state index in [2.05, 4.69) is 40.4 Å². The number of ether oxygens (including phenoxy) is 1. The first kappa shape index (κ1) is 18.5. The van der Waals surface area contributed by atoms with Gasteiger partial charge in [0.25, 0.3) is 0 Å². The van der Waals surface area contributed by atoms with Crippen molar-refractivity contribution in [2.45, 2.75) is 39.8 Å². The lowest BCUT2D eigenvalue weighted by atomic mass is 10.0. The lowest BCUT2D eigenvalue weighted by Gasteiger charge is -2.21. The molecular formula is C21H22BrNO3. The van der Waals surface area contributed by atoms with Crippen LogP contribution in [0, 0.1) is 6.92 Å². The molecule has 1 aromatic heterocycles. The van der Waals surface area contributed by atoms with Gasteiger partial charge in [0, 0.05) is 33.2 Å². The average molecular weight is 416 g/mol. The fourth-order valence-electron chi connectivity index (χ4n) is 3.27. The molecule has 136 valence electrons. The molecule has 0 fully saturated rings. The van der Waals surface area contributed by atoms with Crippen molar-refractivity contribution in [1.82, 2.24) is 4.57 Å². The second-order valence-corrected chi connectivity index (χ2v) is 7.64. The molecule has 3 rings (SSSR count). The van der Waals surface area contributed by atoms with Gasteiger partial charge in [-0.15, -0.1) is 0 Å². The van der Waals surface area contributed by atoms with E-state index >= 15 is 0 Å². The van der Waals surface area contributed by atoms with E-state index in [0.717, 1.165) is 33.0 Å². The first-order chi connectivity index (χ1) is 12.3. The number of benzene rings is 2. The van der Waals surface area contributed by atoms with Crippen LogP contribution in [0.3, 0.4) is 0 Å². The van der Waals surface area contributed by atoms with Gasteiger partial charge in [0.1, 0.15) is 5.75 Å². The van der Waals surface area contributed by atoms with E-state index in [4.69, 9.17) is 4.74 Å². The standard InChI is InChI=1S/C21H22BrNO3/c1-5-23-13(2)19(15-8-6-7-9-17(15)22)16-12-14(10-11-18(16)23)26-21(3,4)20(24)25/h6-12H,5H2,1-4H3,(H,24,25). The minimum atomic E-state index is -1.29. The monoisotopic (exact) mass is 415 g/mol. The van der Waals surface area contributed by atoms with Crippen LogP contribution in [0.25, 0.3) is 22.0 Å². The summed E-state index contributed by atoms with van der Waals surface area (Å²) in [7, 11) is 0. The van der Waals surface area contributed by atoms with E-state index in [0.29, 0.717) is 5.75 Å². The van der Waals surface area contributed by atoms with Crippen molar-refractivity contribution in [2.75, 3.05) is 0 Å². The highest BCUT2D eigenvalue weighted by atomic mass is 79.9. The highest BCUT2D eigenvalue weighted by molar-refractivity contribution is 9.10. The quantitative estimate of drug-likeness (QED) is 0.586. The summed E-state index contributed by atoms with van der Waals surface area (Å²) >= 11 is 3.65. The van der Waals surface area contributed by atoms with Crippen molar-refractivity contribution in [2.24, 2.45) is 0 Å². The summed E-state index contributed by atoms with van der Waals surface area (Å²) in [6, 6.07) is 13.9. The lowest BCUT2D eigenvalue weighted by Crippen LogP contribution is -2.37. The Kier molecular flexibility index (Phi) is 4.84. The number of rotatable bonds is 5. The molecule has 0 saturated heterocycles. The van der Waals surface area contributed by atoms with Crippen molar-refractivity contribution in [1.29, 1.82) is 0 Å². The maximum atomic E-state index is 11.4. The number of hydrogen-bond acceptors (Lipinski definition) is 2. The molecule has 3 aromatic rings. The van der Waals surface area contributed by atoms with Gasteiger partial charge in [-0.2, -0.15) is 0 Å². The van der Waals surface area contributed by atoms with Gasteiger partial charge in [0.05, 0.1) is 0 Å². The summed E-state index contributed by atoms with van der Waals surface area (Å²) in [5.74, 6) is -0.447. The summed E-state index contributed by atoms with van der Waals surface area (Å²) < 4.78 is 9.04. The summed E-state index contributed by atoms with van der Waals surface area (Å²) in [5.41, 5.74) is 3.23. The van der Waals surface area contributed by atoms with Crippen LogP contribution in [-0.2, 0) is 11.3 Å². The van der Waals surface area contributed by atoms with Gasteiger partial charge < -0.3 is 14.4 Å². The Morgan fingerprint density at radius 1 is 1.23 bits per heavy atom. The molecule has 0 aliphatic carbocycles. The Morgan fingerprint density at radius 3 is 2.54 bits per heavy atom. The molecule has 0 radical (unpaired) electrons. The number of carboxylic acids is 1. The van der Waals surface area contributed by atoms with Crippen molar-refractivity contribution >= 4 is 32.8 Å². The molecule has 0 bridgehead atoms. The van der Waals surface area contributed by atoms with Crippen LogP contribution < -0.4 is 4.74 Å². The van der Waals surface area contributed by atoms with Crippen LogP contribution in [0.2, 0.25) is 0 Å². The van der Waals surface area contributed by atoms with Crippen LogP contribution >= 0.6 is 15.9 Å². The van der Waals surface area contributed by atoms with Crippen molar-refractivity contribution in [3.8, 4) is 16.9 Å². The smallest absolute Gasteiger partial charge is 0.347 e. The van der Waals surface area contributed by atoms with Gasteiger partial charge in [-0.05, 0) is 57.5 Å². The van der Waals surface area contributed by atoms with Gasteiger partial charge in [-0.25, -0.2) is 4.79 Å². The number of aryl methyl sites for hydroxylation is 1. The predicted molar refractivity (Wildman–Crippen MR) is 108 cm³/mol. The molecule has 0 spiro atoms. The maximum absolute atomic E-state index is 11.4. The molecule has 4 nitrogen and oxygen atoms in total. The van der Waals surface area contributed by atoms with E-state index in [1.807, 2.05) is 36.4 Å². The van der Waals surface area contributed by atoms with E-state index in [9.17, 15) is 9.90 Å². The Bertz CT molecular complexity index is 988. The molecule has 2 aromatic carbocycles. The van der Waals surface area contributed by atoms with Gasteiger partial charge in [-0.3, -0.25) is 0 Å². The number of carboxylic acid groups (broad SMARTS) is 1. The number of aromatic nitrogens is 1. The van der Waals surface area contributed by atoms with Gasteiger partial charge in [0.2, 0.25) is 0 Å². The zero-order valence-electron chi connectivity index (χ0n) is 15.3. The Balaban J connectivity index is 2.24. The third-order valence-electron chi connectivity index (χ3n) is 4.64. The van der Waals surface area contributed by atoms with Gasteiger partial charge in [-0.1, -0.05) is 34.1 Å². The number of nitrogens with zero attached hydrogens (tertiary/aromatic N) is 1. The van der Waals surface area contributed by atoms with E-state index in [1.165, 1.54) is 5.69 Å². The van der Waals surface area contributed by atoms with Crippen LogP contribution in [-0.4, -0.2) is 21.2 Å². The highest BCUT2D eigenvalue weighted by Crippen LogP contribution is 2.40. The molecule has 0 aliphatic rings. The van der Waals surface area contributed by atoms with Crippen LogP contribution in [0.4, 0.5) is 0 Å². The second-order valence-electron chi connectivity index (χ2n) is 6.78. The van der Waals surface area contributed by atoms with E-state index in [1.54, 1.807) is 13.8 Å². The van der Waals surface area contributed by atoms with E-state index < -0.39 is 11.6 Å². The predicted octanol–water partition coefficient (Wildman–Crippen LogP) is 5.64. The summed E-state index contributed by atoms with van der Waals surface area (Å²) in [6.45, 7) is 8.19. The molecule has 0 saturated carbocycles. The number of halogens is 1. The Hall–Kier alpha value is -2.27. The zero-order chi connectivity index (χ0) is 19.1. The molecule has 1 N–H and O–H groups in total. The largest absolute Gasteiger partial charge is 0.478 e. The van der Waals surface area contributed by atoms with Gasteiger partial charge >= 0.3 is 5.97 Å². The third kappa shape index (κ3) is 3.12. The summed E-state index contributed by atoms with van der Waals surface area (Å²) in [6.07, 6.45) is 0. The fraction of sp³-hybridized carbons (Fsp3) is 0.286. The fourth-order valence-corrected chi connectivity index (χ4v) is 3.76. The minimum Gasteiger partial charge on any atom is -0.478 e. The Morgan fingerprint density at radius 2 is 1.92 bits per heavy atom. The number of carbonyl (C=O) groups is 1. The Labute approximate surface area is 161 Å². The average Bonchev–Trinajstić information content (AvgIpc) is 2.85. The molecule has 0 unspecified atom stereocenters. The van der Waals surface area contributed by atoms with Crippen LogP contribution in [0.5, 0.6) is 5.75 Å². The molecule has 5 heteroatoms. The number of hydrogen-bond donors (Lipinski definition) is 1. The molecule has 0 amide bonds. The van der Waals surface area contributed by atoms with Crippen LogP contribution in [0.15, 0.2) is 46.9 Å². The van der Waals surface area contributed by atoms with Gasteiger partial charge in [0.15, 0.2) is 5.60 Å². The molecule has 1 heterocycles. The minimum absolute atomic E-state index is 0.548. The number of fused-ring (bicyclic) bond motifs is 1. The summed E-state index contributed by atoms with van der Waals surface area (Å²) in [4.78, 5) is 11.4. The third-order valence-corrected chi connectivity index (χ3v) is 5.33. The zero-order valence-corrected chi connectivity index (χ0v) is 16.9. The SMILES string of the molecule is CCn1c(C)c(-c2ccccc2Br)c2cc(OC(C)(C)C(=O)O)ccc21. The first-order valence-electron chi connectivity index (χ1n) is 8.56. The van der Waals surface area contributed by atoms with Crippen molar-refractivity contribution in [3.05, 3.63) is 52.6 Å². The number of aliphatic carboxylic acids is 1. The maximum Gasteiger partial charge on any atom is 0.347 e. The molecular weight excluding hydrogens is 394 g/mol. The second kappa shape index (κ2) is 6.80. The molecule has 0 aliphatic heterocycles. The van der Waals surface area contributed by atoms with Crippen molar-refractivity contribution in [3.63, 3.8) is 0 Å². The normalized spacial score (nSPS) is 11.7. The lowest BCUT2D eigenvalue weighted by molar-refractivity contribution is -0.152. The van der Waals surface area contributed by atoms with Crippen molar-refractivity contribution < 1.29 is 14.6 Å². The van der Waals surface area contributed by atoms with Crippen LogP contribution in [0.1, 0.15) is 26.5 Å². The van der Waals surface area contributed by atoms with E-state index in [-0.39, 0.29) is 0 Å². The molecule has 0 atom stereocenters. The first-order valence-corrected chi connectivity index (χ1v) is 9.35. The molecule has 26 heavy (non-hydrogen) atoms.